The van der Waals surface area contributed by atoms with Gasteiger partial charge in [0.2, 0.25) is 11.8 Å². The van der Waals surface area contributed by atoms with E-state index in [0.29, 0.717) is 5.76 Å². The van der Waals surface area contributed by atoms with Gasteiger partial charge < -0.3 is 15.1 Å². The quantitative estimate of drug-likeness (QED) is 0.570. The van der Waals surface area contributed by atoms with Crippen molar-refractivity contribution in [2.45, 2.75) is 38.6 Å². The second-order valence-electron chi connectivity index (χ2n) is 7.67. The summed E-state index contributed by atoms with van der Waals surface area (Å²) in [5.41, 5.74) is 3.53. The number of aryl methyl sites for hydroxylation is 2. The number of rotatable bonds is 7. The molecule has 0 spiro atoms. The lowest BCUT2D eigenvalue weighted by molar-refractivity contribution is -0.117. The summed E-state index contributed by atoms with van der Waals surface area (Å²) < 4.78 is 7.07. The van der Waals surface area contributed by atoms with Gasteiger partial charge in [-0.25, -0.2) is 4.68 Å². The van der Waals surface area contributed by atoms with Gasteiger partial charge in [-0.15, -0.1) is 0 Å². The van der Waals surface area contributed by atoms with Gasteiger partial charge in [-0.1, -0.05) is 24.3 Å². The number of aromatic nitrogens is 2. The van der Waals surface area contributed by atoms with E-state index in [9.17, 15) is 9.59 Å². The van der Waals surface area contributed by atoms with E-state index >= 15 is 0 Å². The Bertz CT molecular complexity index is 1080. The third-order valence-electron chi connectivity index (χ3n) is 5.46. The number of carbonyl (C=O) groups is 2. The molecule has 7 nitrogen and oxygen atoms in total. The zero-order chi connectivity index (χ0) is 21.6. The minimum absolute atomic E-state index is 0.111. The Kier molecular flexibility index (Phi) is 6.31. The van der Waals surface area contributed by atoms with Crippen molar-refractivity contribution in [2.24, 2.45) is 0 Å². The summed E-state index contributed by atoms with van der Waals surface area (Å²) in [5, 5.41) is 10.3. The van der Waals surface area contributed by atoms with Gasteiger partial charge in [0, 0.05) is 24.6 Å². The smallest absolute Gasteiger partial charge is 0.244 e. The summed E-state index contributed by atoms with van der Waals surface area (Å²) in [6, 6.07) is 12.0. The first-order chi connectivity index (χ1) is 15.1. The van der Waals surface area contributed by atoms with Gasteiger partial charge in [0.25, 0.3) is 0 Å². The number of anilines is 1. The lowest BCUT2D eigenvalue weighted by Crippen LogP contribution is -2.27. The SMILES string of the molecule is Cc1cnn(C2CCCc3ccccc32)c1NC(=O)CCNC(=O)/C=C/c1ccco1. The molecule has 3 aromatic rings. The summed E-state index contributed by atoms with van der Waals surface area (Å²) in [7, 11) is 0. The van der Waals surface area contributed by atoms with Crippen LogP contribution in [0.1, 0.15) is 47.8 Å². The molecule has 1 aliphatic carbocycles. The molecule has 7 heteroatoms. The van der Waals surface area contributed by atoms with E-state index in [2.05, 4.69) is 40.0 Å². The van der Waals surface area contributed by atoms with Crippen molar-refractivity contribution in [2.75, 3.05) is 11.9 Å². The molecule has 1 unspecified atom stereocenters. The van der Waals surface area contributed by atoms with Crippen LogP contribution >= 0.6 is 0 Å². The summed E-state index contributed by atoms with van der Waals surface area (Å²) in [4.78, 5) is 24.4. The van der Waals surface area contributed by atoms with E-state index in [-0.39, 0.29) is 30.8 Å². The molecule has 2 aromatic heterocycles. The van der Waals surface area contributed by atoms with E-state index in [1.807, 2.05) is 11.6 Å². The number of carbonyl (C=O) groups excluding carboxylic acids is 2. The zero-order valence-electron chi connectivity index (χ0n) is 17.5. The van der Waals surface area contributed by atoms with E-state index in [0.717, 1.165) is 30.6 Å². The van der Waals surface area contributed by atoms with Crippen molar-refractivity contribution in [1.29, 1.82) is 0 Å². The number of hydrogen-bond donors (Lipinski definition) is 2. The number of benzene rings is 1. The molecule has 0 saturated carbocycles. The van der Waals surface area contributed by atoms with Crippen LogP contribution in [-0.4, -0.2) is 28.1 Å². The standard InChI is InChI=1S/C24H26N4O3/c1-17-16-26-28(21-10-4-7-18-6-2-3-9-20(18)21)24(17)27-23(30)13-14-25-22(29)12-11-19-8-5-15-31-19/h2-3,5-6,8-9,11-12,15-16,21H,4,7,10,13-14H2,1H3,(H,25,29)(H,27,30)/b12-11+. The average Bonchev–Trinajstić information content (AvgIpc) is 3.42. The molecule has 31 heavy (non-hydrogen) atoms. The van der Waals surface area contributed by atoms with Crippen LogP contribution in [0, 0.1) is 6.92 Å². The molecular weight excluding hydrogens is 392 g/mol. The number of amides is 2. The molecule has 4 rings (SSSR count). The first kappa shape index (κ1) is 20.7. The van der Waals surface area contributed by atoms with Gasteiger partial charge in [0.1, 0.15) is 11.6 Å². The predicted octanol–water partition coefficient (Wildman–Crippen LogP) is 3.87. The number of nitrogens with zero attached hydrogens (tertiary/aromatic N) is 2. The number of hydrogen-bond acceptors (Lipinski definition) is 4. The van der Waals surface area contributed by atoms with Crippen LogP contribution in [0.15, 0.2) is 59.4 Å². The summed E-state index contributed by atoms with van der Waals surface area (Å²) in [6.07, 6.45) is 9.61. The largest absolute Gasteiger partial charge is 0.465 e. The van der Waals surface area contributed by atoms with Crippen molar-refractivity contribution in [3.63, 3.8) is 0 Å². The molecule has 2 amide bonds. The third kappa shape index (κ3) is 4.94. The average molecular weight is 418 g/mol. The number of nitrogens with one attached hydrogen (secondary N) is 2. The fourth-order valence-corrected chi connectivity index (χ4v) is 3.92. The van der Waals surface area contributed by atoms with Crippen LogP contribution < -0.4 is 10.6 Å². The fourth-order valence-electron chi connectivity index (χ4n) is 3.92. The first-order valence-electron chi connectivity index (χ1n) is 10.5. The molecule has 0 aliphatic heterocycles. The monoisotopic (exact) mass is 418 g/mol. The molecule has 0 fully saturated rings. The molecule has 1 aliphatic rings. The van der Waals surface area contributed by atoms with E-state index in [4.69, 9.17) is 4.42 Å². The van der Waals surface area contributed by atoms with Crippen molar-refractivity contribution in [3.8, 4) is 0 Å². The maximum absolute atomic E-state index is 12.5. The molecular formula is C24H26N4O3. The molecule has 1 aromatic carbocycles. The highest BCUT2D eigenvalue weighted by molar-refractivity contribution is 5.93. The Balaban J connectivity index is 1.35. The second kappa shape index (κ2) is 9.47. The zero-order valence-corrected chi connectivity index (χ0v) is 17.5. The Morgan fingerprint density at radius 1 is 1.26 bits per heavy atom. The first-order valence-corrected chi connectivity index (χ1v) is 10.5. The van der Waals surface area contributed by atoms with E-state index in [1.165, 1.54) is 17.2 Å². The Hall–Kier alpha value is -3.61. The highest BCUT2D eigenvalue weighted by Crippen LogP contribution is 2.35. The molecule has 2 N–H and O–H groups in total. The van der Waals surface area contributed by atoms with Gasteiger partial charge in [-0.2, -0.15) is 5.10 Å². The van der Waals surface area contributed by atoms with Crippen molar-refractivity contribution in [1.82, 2.24) is 15.1 Å². The second-order valence-corrected chi connectivity index (χ2v) is 7.67. The Morgan fingerprint density at radius 3 is 2.97 bits per heavy atom. The molecule has 0 bridgehead atoms. The van der Waals surface area contributed by atoms with E-state index in [1.54, 1.807) is 30.7 Å². The van der Waals surface area contributed by atoms with Crippen LogP contribution in [0.5, 0.6) is 0 Å². The number of furan rings is 1. The molecule has 0 radical (unpaired) electrons. The topological polar surface area (TPSA) is 89.2 Å². The van der Waals surface area contributed by atoms with Crippen LogP contribution in [0.4, 0.5) is 5.82 Å². The molecule has 0 saturated heterocycles. The van der Waals surface area contributed by atoms with Crippen LogP contribution in [0.25, 0.3) is 6.08 Å². The van der Waals surface area contributed by atoms with Crippen LogP contribution in [-0.2, 0) is 16.0 Å². The highest BCUT2D eigenvalue weighted by atomic mass is 16.3. The Labute approximate surface area is 181 Å². The molecule has 160 valence electrons. The van der Waals surface area contributed by atoms with Crippen molar-refractivity contribution >= 4 is 23.7 Å². The van der Waals surface area contributed by atoms with Crippen molar-refractivity contribution < 1.29 is 14.0 Å². The maximum atomic E-state index is 12.5. The maximum Gasteiger partial charge on any atom is 0.244 e. The molecule has 2 heterocycles. The van der Waals surface area contributed by atoms with Gasteiger partial charge in [-0.05, 0) is 55.5 Å². The minimum atomic E-state index is -0.274. The van der Waals surface area contributed by atoms with E-state index < -0.39 is 0 Å². The normalized spacial score (nSPS) is 15.6. The van der Waals surface area contributed by atoms with Gasteiger partial charge in [0.05, 0.1) is 18.5 Å². The highest BCUT2D eigenvalue weighted by Gasteiger charge is 2.25. The minimum Gasteiger partial charge on any atom is -0.465 e. The lowest BCUT2D eigenvalue weighted by atomic mass is 9.88. The third-order valence-corrected chi connectivity index (χ3v) is 5.46. The summed E-state index contributed by atoms with van der Waals surface area (Å²) in [6.45, 7) is 2.18. The summed E-state index contributed by atoms with van der Waals surface area (Å²) >= 11 is 0. The molecule has 1 atom stereocenters. The lowest BCUT2D eigenvalue weighted by Gasteiger charge is -2.27. The number of fused-ring (bicyclic) bond motifs is 1. The van der Waals surface area contributed by atoms with Gasteiger partial charge in [0.15, 0.2) is 0 Å². The van der Waals surface area contributed by atoms with Gasteiger partial charge in [-0.3, -0.25) is 9.59 Å². The fraction of sp³-hybridized carbons (Fsp3) is 0.292. The van der Waals surface area contributed by atoms with Crippen LogP contribution in [0.2, 0.25) is 0 Å². The Morgan fingerprint density at radius 2 is 2.13 bits per heavy atom. The summed E-state index contributed by atoms with van der Waals surface area (Å²) in [5.74, 6) is 0.880. The van der Waals surface area contributed by atoms with Gasteiger partial charge >= 0.3 is 0 Å². The van der Waals surface area contributed by atoms with Crippen LogP contribution in [0.3, 0.4) is 0 Å². The predicted molar refractivity (Wildman–Crippen MR) is 118 cm³/mol. The van der Waals surface area contributed by atoms with Crippen molar-refractivity contribution in [3.05, 3.63) is 77.4 Å².